The molecule has 1 amide bonds. The Morgan fingerprint density at radius 3 is 2.64 bits per heavy atom. The molecule has 0 radical (unpaired) electrons. The minimum absolute atomic E-state index is 0.148. The summed E-state index contributed by atoms with van der Waals surface area (Å²) in [6, 6.07) is 14.2. The number of primary amides is 1. The molecule has 0 saturated heterocycles. The Morgan fingerprint density at radius 1 is 1.11 bits per heavy atom. The van der Waals surface area contributed by atoms with Gasteiger partial charge in [0.2, 0.25) is 5.91 Å². The second kappa shape index (κ2) is 10.4. The summed E-state index contributed by atoms with van der Waals surface area (Å²) >= 11 is 0. The van der Waals surface area contributed by atoms with Gasteiger partial charge >= 0.3 is 0 Å². The quantitative estimate of drug-likeness (QED) is 0.480. The van der Waals surface area contributed by atoms with Crippen LogP contribution in [0.3, 0.4) is 0 Å². The van der Waals surface area contributed by atoms with Gasteiger partial charge in [-0.2, -0.15) is 0 Å². The summed E-state index contributed by atoms with van der Waals surface area (Å²) in [6.45, 7) is 1.68. The lowest BCUT2D eigenvalue weighted by molar-refractivity contribution is 0.0196. The summed E-state index contributed by atoms with van der Waals surface area (Å²) in [4.78, 5) is 27.2. The number of hydrogen-bond acceptors (Lipinski definition) is 5. The first-order valence-corrected chi connectivity index (χ1v) is 13.0. The summed E-state index contributed by atoms with van der Waals surface area (Å²) < 4.78 is 7.94. The number of nitrogens with two attached hydrogens (primary N) is 1. The van der Waals surface area contributed by atoms with Crippen LogP contribution in [0.1, 0.15) is 59.4 Å². The van der Waals surface area contributed by atoms with Crippen molar-refractivity contribution >= 4 is 28.4 Å². The van der Waals surface area contributed by atoms with E-state index in [2.05, 4.69) is 30.4 Å². The number of amides is 1. The fraction of sp³-hybridized carbons (Fsp3) is 0.448. The monoisotopic (exact) mass is 488 g/mol. The molecule has 5 rings (SSSR count). The van der Waals surface area contributed by atoms with Gasteiger partial charge in [0.1, 0.15) is 0 Å². The number of carbonyl (C=O) groups is 2. The van der Waals surface area contributed by atoms with Crippen molar-refractivity contribution in [2.75, 3.05) is 32.6 Å². The van der Waals surface area contributed by atoms with Crippen molar-refractivity contribution in [2.24, 2.45) is 5.73 Å². The van der Waals surface area contributed by atoms with Crippen LogP contribution in [0.4, 0.5) is 5.69 Å². The fourth-order valence-electron chi connectivity index (χ4n) is 5.69. The lowest BCUT2D eigenvalue weighted by atomic mass is 9.92. The number of likely N-dealkylation sites (N-methyl/N-ethyl adjacent to an activating group) is 1. The van der Waals surface area contributed by atoms with Crippen LogP contribution in [0.25, 0.3) is 22.0 Å². The fourth-order valence-corrected chi connectivity index (χ4v) is 5.69. The molecule has 1 aliphatic heterocycles. The number of benzene rings is 2. The van der Waals surface area contributed by atoms with Crippen LogP contribution < -0.4 is 11.1 Å². The highest BCUT2D eigenvalue weighted by Crippen LogP contribution is 2.39. The highest BCUT2D eigenvalue weighted by molar-refractivity contribution is 6.06. The third-order valence-corrected chi connectivity index (χ3v) is 7.53. The van der Waals surface area contributed by atoms with E-state index in [0.29, 0.717) is 18.1 Å². The van der Waals surface area contributed by atoms with Crippen LogP contribution in [0.15, 0.2) is 42.5 Å². The molecule has 190 valence electrons. The molecular weight excluding hydrogens is 452 g/mol. The zero-order valence-corrected chi connectivity index (χ0v) is 21.3. The van der Waals surface area contributed by atoms with Gasteiger partial charge in [0, 0.05) is 41.3 Å². The Bertz CT molecular complexity index is 1270. The van der Waals surface area contributed by atoms with E-state index in [-0.39, 0.29) is 11.9 Å². The Hall–Kier alpha value is -3.16. The molecule has 0 atom stereocenters. The van der Waals surface area contributed by atoms with E-state index < -0.39 is 5.91 Å². The van der Waals surface area contributed by atoms with Crippen LogP contribution in [0.5, 0.6) is 0 Å². The molecular formula is C29H36N4O3. The second-order valence-electron chi connectivity index (χ2n) is 10.3. The van der Waals surface area contributed by atoms with E-state index in [1.807, 2.05) is 41.0 Å². The first-order valence-electron chi connectivity index (χ1n) is 13.0. The summed E-state index contributed by atoms with van der Waals surface area (Å²) in [5.74, 6) is -0.293. The Kier molecular flexibility index (Phi) is 7.12. The van der Waals surface area contributed by atoms with Crippen LogP contribution in [0, 0.1) is 0 Å². The molecule has 36 heavy (non-hydrogen) atoms. The largest absolute Gasteiger partial charge is 0.382 e. The topological polar surface area (TPSA) is 89.6 Å². The van der Waals surface area contributed by atoms with Crippen molar-refractivity contribution in [3.63, 3.8) is 0 Å². The third kappa shape index (κ3) is 4.90. The molecule has 1 aliphatic carbocycles. The van der Waals surface area contributed by atoms with Crippen LogP contribution >= 0.6 is 0 Å². The van der Waals surface area contributed by atoms with Gasteiger partial charge < -0.3 is 20.7 Å². The average Bonchev–Trinajstić information content (AvgIpc) is 3.20. The zero-order chi connectivity index (χ0) is 25.2. The number of anilines is 1. The highest BCUT2D eigenvalue weighted by Gasteiger charge is 2.27. The van der Waals surface area contributed by atoms with E-state index in [9.17, 15) is 9.59 Å². The van der Waals surface area contributed by atoms with Gasteiger partial charge in [-0.3, -0.25) is 14.2 Å². The summed E-state index contributed by atoms with van der Waals surface area (Å²) in [5, 5.41) is 4.69. The van der Waals surface area contributed by atoms with Crippen LogP contribution in [-0.4, -0.2) is 60.7 Å². The molecule has 7 nitrogen and oxygen atoms in total. The Balaban J connectivity index is 1.42. The van der Waals surface area contributed by atoms with Gasteiger partial charge in [-0.25, -0.2) is 0 Å². The van der Waals surface area contributed by atoms with Crippen molar-refractivity contribution in [2.45, 2.75) is 57.1 Å². The molecule has 1 aromatic heterocycles. The first kappa shape index (κ1) is 24.5. The predicted molar refractivity (Wildman–Crippen MR) is 144 cm³/mol. The first-order chi connectivity index (χ1) is 17.4. The van der Waals surface area contributed by atoms with Gasteiger partial charge in [0.15, 0.2) is 0 Å². The maximum absolute atomic E-state index is 12.8. The Labute approximate surface area is 212 Å². The number of carbonyl (C=O) groups excluding carboxylic acids is 2. The van der Waals surface area contributed by atoms with Crippen LogP contribution in [-0.2, 0) is 11.2 Å². The highest BCUT2D eigenvalue weighted by atomic mass is 16.5. The summed E-state index contributed by atoms with van der Waals surface area (Å²) in [7, 11) is 4.11. The number of aromatic nitrogens is 1. The number of rotatable bonds is 8. The number of ether oxygens (including phenoxy) is 1. The van der Waals surface area contributed by atoms with Crippen molar-refractivity contribution in [1.29, 1.82) is 0 Å². The third-order valence-electron chi connectivity index (χ3n) is 7.53. The van der Waals surface area contributed by atoms with Crippen molar-refractivity contribution < 1.29 is 14.3 Å². The minimum atomic E-state index is -0.441. The smallest absolute Gasteiger partial charge is 0.250 e. The average molecular weight is 489 g/mol. The molecule has 2 heterocycles. The zero-order valence-electron chi connectivity index (χ0n) is 21.3. The molecule has 0 bridgehead atoms. The number of fused-ring (bicyclic) bond motifs is 3. The molecule has 0 spiro atoms. The predicted octanol–water partition coefficient (Wildman–Crippen LogP) is 4.69. The van der Waals surface area contributed by atoms with Crippen LogP contribution in [0.2, 0.25) is 0 Å². The molecule has 1 saturated carbocycles. The maximum Gasteiger partial charge on any atom is 0.250 e. The normalized spacial score (nSPS) is 20.0. The van der Waals surface area contributed by atoms with E-state index in [1.54, 1.807) is 0 Å². The van der Waals surface area contributed by atoms with Gasteiger partial charge in [0.05, 0.1) is 23.8 Å². The van der Waals surface area contributed by atoms with Gasteiger partial charge in [-0.05, 0) is 76.4 Å². The summed E-state index contributed by atoms with van der Waals surface area (Å²) in [5.41, 5.74) is 11.1. The second-order valence-corrected chi connectivity index (χ2v) is 10.3. The number of hydrogen-bond donors (Lipinski definition) is 2. The SMILES string of the molecule is CN(C)CCOC1CCC(Nc2cc(-c3c4n(c5ccccc35)C(=O)CCC4)ccc2C(N)=O)CC1. The van der Waals surface area contributed by atoms with Gasteiger partial charge in [0.25, 0.3) is 5.91 Å². The Morgan fingerprint density at radius 2 is 1.89 bits per heavy atom. The number of nitrogens with zero attached hydrogens (tertiary/aromatic N) is 2. The molecule has 2 aromatic carbocycles. The molecule has 1 fully saturated rings. The molecule has 2 aliphatic rings. The van der Waals surface area contributed by atoms with Crippen molar-refractivity contribution in [1.82, 2.24) is 9.47 Å². The number of nitrogens with one attached hydrogen (secondary N) is 1. The maximum atomic E-state index is 12.8. The van der Waals surface area contributed by atoms with E-state index in [4.69, 9.17) is 10.5 Å². The molecule has 3 N–H and O–H groups in total. The molecule has 0 unspecified atom stereocenters. The van der Waals surface area contributed by atoms with E-state index in [0.717, 1.165) is 85.1 Å². The van der Waals surface area contributed by atoms with Gasteiger partial charge in [-0.15, -0.1) is 0 Å². The lowest BCUT2D eigenvalue weighted by Gasteiger charge is -2.30. The number of para-hydroxylation sites is 1. The van der Waals surface area contributed by atoms with Crippen molar-refractivity contribution in [3.8, 4) is 11.1 Å². The van der Waals surface area contributed by atoms with E-state index >= 15 is 0 Å². The lowest BCUT2D eigenvalue weighted by Crippen LogP contribution is -2.32. The standard InChI is InChI=1S/C29H36N4O3/c1-32(2)16-17-36-21-13-11-20(12-14-21)31-24-18-19(10-15-22(24)29(30)35)28-23-6-3-4-7-25(23)33-26(28)8-5-9-27(33)34/h3-4,6-7,10,15,18,20-21,31H,5,8-9,11-14,16-17H2,1-2H3,(H2,30,35). The van der Waals surface area contributed by atoms with Gasteiger partial charge in [-0.1, -0.05) is 24.3 Å². The minimum Gasteiger partial charge on any atom is -0.382 e. The molecule has 7 heteroatoms. The molecule has 3 aromatic rings. The van der Waals surface area contributed by atoms with Crippen molar-refractivity contribution in [3.05, 3.63) is 53.7 Å². The summed E-state index contributed by atoms with van der Waals surface area (Å²) in [6.07, 6.45) is 6.52. The van der Waals surface area contributed by atoms with E-state index in [1.165, 1.54) is 0 Å².